The van der Waals surface area contributed by atoms with Crippen LogP contribution in [0.1, 0.15) is 29.8 Å². The summed E-state index contributed by atoms with van der Waals surface area (Å²) in [6.07, 6.45) is 0. The molecular weight excluding hydrogens is 497 g/mol. The quantitative estimate of drug-likeness (QED) is 0.451. The maximum atomic E-state index is 14.1. The molecule has 0 atom stereocenters. The van der Waals surface area contributed by atoms with Crippen LogP contribution in [0.5, 0.6) is 0 Å². The van der Waals surface area contributed by atoms with Gasteiger partial charge in [-0.05, 0) is 74.9 Å². The molecule has 0 unspecified atom stereocenters. The van der Waals surface area contributed by atoms with Crippen molar-refractivity contribution >= 4 is 34.9 Å². The lowest BCUT2D eigenvalue weighted by molar-refractivity contribution is -0.117. The van der Waals surface area contributed by atoms with Crippen molar-refractivity contribution < 1.29 is 18.8 Å². The lowest BCUT2D eigenvalue weighted by Gasteiger charge is -2.36. The maximum Gasteiger partial charge on any atom is 0.321 e. The highest BCUT2D eigenvalue weighted by Crippen LogP contribution is 2.21. The number of nitrogens with one attached hydrogen (secondary N) is 2. The minimum Gasteiger partial charge on any atom is -0.368 e. The topological polar surface area (TPSA) is 85.0 Å². The number of nitrogens with zero attached hydrogens (tertiary/aromatic N) is 3. The van der Waals surface area contributed by atoms with Gasteiger partial charge >= 0.3 is 6.03 Å². The number of rotatable bonds is 7. The van der Waals surface area contributed by atoms with Crippen molar-refractivity contribution in [2.75, 3.05) is 48.3 Å². The molecule has 1 aliphatic rings. The third-order valence-corrected chi connectivity index (χ3v) is 6.65. The van der Waals surface area contributed by atoms with Crippen LogP contribution in [-0.4, -0.2) is 66.4 Å². The number of carbonyl (C=O) groups is 3. The molecule has 3 aromatic carbocycles. The Morgan fingerprint density at radius 1 is 0.872 bits per heavy atom. The second-order valence-corrected chi connectivity index (χ2v) is 9.88. The molecule has 2 N–H and O–H groups in total. The summed E-state index contributed by atoms with van der Waals surface area (Å²) in [5.41, 5.74) is 3.40. The monoisotopic (exact) mass is 531 g/mol. The summed E-state index contributed by atoms with van der Waals surface area (Å²) in [4.78, 5) is 43.6. The number of carbonyl (C=O) groups excluding carboxylic acids is 3. The normalized spacial score (nSPS) is 13.3. The van der Waals surface area contributed by atoms with Crippen molar-refractivity contribution in [2.45, 2.75) is 26.8 Å². The lowest BCUT2D eigenvalue weighted by Crippen LogP contribution is -2.50. The van der Waals surface area contributed by atoms with E-state index in [0.717, 1.165) is 16.9 Å². The van der Waals surface area contributed by atoms with Crippen molar-refractivity contribution in [2.24, 2.45) is 0 Å². The molecule has 204 valence electrons. The van der Waals surface area contributed by atoms with Crippen LogP contribution in [0.25, 0.3) is 0 Å². The number of hydrogen-bond acceptors (Lipinski definition) is 4. The first-order chi connectivity index (χ1) is 18.7. The van der Waals surface area contributed by atoms with Gasteiger partial charge in [0.2, 0.25) is 5.91 Å². The minimum absolute atomic E-state index is 0.0592. The van der Waals surface area contributed by atoms with Crippen molar-refractivity contribution in [3.8, 4) is 0 Å². The van der Waals surface area contributed by atoms with Gasteiger partial charge in [-0.2, -0.15) is 0 Å². The van der Waals surface area contributed by atoms with Crippen molar-refractivity contribution in [1.29, 1.82) is 0 Å². The van der Waals surface area contributed by atoms with Crippen molar-refractivity contribution in [1.82, 2.24) is 9.80 Å². The first-order valence-electron chi connectivity index (χ1n) is 13.0. The molecule has 0 spiro atoms. The van der Waals surface area contributed by atoms with Crippen LogP contribution in [0.15, 0.2) is 72.8 Å². The fourth-order valence-corrected chi connectivity index (χ4v) is 4.48. The molecule has 0 radical (unpaired) electrons. The average molecular weight is 532 g/mol. The Kier molecular flexibility index (Phi) is 8.81. The van der Waals surface area contributed by atoms with E-state index >= 15 is 0 Å². The van der Waals surface area contributed by atoms with Gasteiger partial charge in [0, 0.05) is 49.3 Å². The number of urea groups is 1. The zero-order valence-corrected chi connectivity index (χ0v) is 22.5. The highest BCUT2D eigenvalue weighted by molar-refractivity contribution is 5.99. The molecule has 8 nitrogen and oxygen atoms in total. The first kappa shape index (κ1) is 27.6. The van der Waals surface area contributed by atoms with E-state index in [9.17, 15) is 18.8 Å². The summed E-state index contributed by atoms with van der Waals surface area (Å²) in [7, 11) is 0. The van der Waals surface area contributed by atoms with E-state index < -0.39 is 11.7 Å². The summed E-state index contributed by atoms with van der Waals surface area (Å²) in [5, 5.41) is 5.78. The van der Waals surface area contributed by atoms with E-state index in [4.69, 9.17) is 0 Å². The number of amides is 4. The third kappa shape index (κ3) is 7.13. The molecular formula is C30H34FN5O3. The third-order valence-electron chi connectivity index (χ3n) is 6.65. The van der Waals surface area contributed by atoms with E-state index in [1.54, 1.807) is 24.8 Å². The second-order valence-electron chi connectivity index (χ2n) is 9.88. The number of halogens is 1. The number of benzene rings is 3. The van der Waals surface area contributed by atoms with E-state index in [0.29, 0.717) is 31.9 Å². The Balaban J connectivity index is 1.29. The summed E-state index contributed by atoms with van der Waals surface area (Å²) in [5.74, 6) is -1.51. The standard InChI is InChI=1S/C30H34FN5O3/c1-21(2)36(29(38)26-9-4-5-10-27(26)31)20-28(37)32-23-11-13-25(14-12-23)34-15-17-35(18-16-34)30(39)33-24-8-6-7-22(3)19-24/h4-14,19,21H,15-18,20H2,1-3H3,(H,32,37)(H,33,39). The Morgan fingerprint density at radius 3 is 2.21 bits per heavy atom. The summed E-state index contributed by atoms with van der Waals surface area (Å²) < 4.78 is 14.1. The van der Waals surface area contributed by atoms with Gasteiger partial charge < -0.3 is 25.3 Å². The van der Waals surface area contributed by atoms with E-state index in [-0.39, 0.29) is 30.1 Å². The molecule has 1 fully saturated rings. The van der Waals surface area contributed by atoms with Crippen LogP contribution < -0.4 is 15.5 Å². The predicted octanol–water partition coefficient (Wildman–Crippen LogP) is 4.98. The smallest absolute Gasteiger partial charge is 0.321 e. The summed E-state index contributed by atoms with van der Waals surface area (Å²) in [6, 6.07) is 20.5. The Labute approximate surface area is 228 Å². The zero-order chi connectivity index (χ0) is 27.9. The van der Waals surface area contributed by atoms with Crippen LogP contribution in [-0.2, 0) is 4.79 Å². The highest BCUT2D eigenvalue weighted by Gasteiger charge is 2.24. The Morgan fingerprint density at radius 2 is 1.56 bits per heavy atom. The lowest BCUT2D eigenvalue weighted by atomic mass is 10.1. The molecule has 0 saturated carbocycles. The largest absolute Gasteiger partial charge is 0.368 e. The number of aryl methyl sites for hydroxylation is 1. The first-order valence-corrected chi connectivity index (χ1v) is 13.0. The summed E-state index contributed by atoms with van der Waals surface area (Å²) in [6.45, 7) is 7.93. The zero-order valence-electron chi connectivity index (χ0n) is 22.5. The van der Waals surface area contributed by atoms with Crippen LogP contribution in [0.4, 0.5) is 26.2 Å². The molecule has 3 aromatic rings. The fraction of sp³-hybridized carbons (Fsp3) is 0.300. The predicted molar refractivity (Wildman–Crippen MR) is 152 cm³/mol. The number of hydrogen-bond donors (Lipinski definition) is 2. The van der Waals surface area contributed by atoms with E-state index in [1.165, 1.54) is 23.1 Å². The van der Waals surface area contributed by atoms with Gasteiger partial charge in [0.25, 0.3) is 5.91 Å². The number of anilines is 3. The molecule has 0 aromatic heterocycles. The van der Waals surface area contributed by atoms with Gasteiger partial charge in [-0.25, -0.2) is 9.18 Å². The minimum atomic E-state index is -0.614. The van der Waals surface area contributed by atoms with Gasteiger partial charge in [0.1, 0.15) is 12.4 Å². The molecule has 4 rings (SSSR count). The molecule has 4 amide bonds. The van der Waals surface area contributed by atoms with Crippen LogP contribution >= 0.6 is 0 Å². The van der Waals surface area contributed by atoms with Crippen LogP contribution in [0.2, 0.25) is 0 Å². The summed E-state index contributed by atoms with van der Waals surface area (Å²) >= 11 is 0. The molecule has 0 aliphatic carbocycles. The van der Waals surface area contributed by atoms with Gasteiger partial charge in [0.15, 0.2) is 0 Å². The van der Waals surface area contributed by atoms with Gasteiger partial charge in [-0.15, -0.1) is 0 Å². The second kappa shape index (κ2) is 12.4. The number of piperazine rings is 1. The maximum absolute atomic E-state index is 14.1. The van der Waals surface area contributed by atoms with E-state index in [1.807, 2.05) is 55.5 Å². The fourth-order valence-electron chi connectivity index (χ4n) is 4.48. The molecule has 39 heavy (non-hydrogen) atoms. The van der Waals surface area contributed by atoms with Gasteiger partial charge in [0.05, 0.1) is 5.56 Å². The SMILES string of the molecule is Cc1cccc(NC(=O)N2CCN(c3ccc(NC(=O)CN(C(=O)c4ccccc4F)C(C)C)cc3)CC2)c1. The molecule has 1 saturated heterocycles. The van der Waals surface area contributed by atoms with Gasteiger partial charge in [-0.1, -0.05) is 24.3 Å². The molecule has 0 bridgehead atoms. The average Bonchev–Trinajstić information content (AvgIpc) is 2.92. The van der Waals surface area contributed by atoms with Crippen LogP contribution in [0, 0.1) is 12.7 Å². The molecule has 1 heterocycles. The van der Waals surface area contributed by atoms with Gasteiger partial charge in [-0.3, -0.25) is 9.59 Å². The van der Waals surface area contributed by atoms with Crippen molar-refractivity contribution in [3.63, 3.8) is 0 Å². The Bertz CT molecular complexity index is 1320. The molecule has 9 heteroatoms. The molecule has 1 aliphatic heterocycles. The van der Waals surface area contributed by atoms with Crippen molar-refractivity contribution in [3.05, 3.63) is 89.7 Å². The van der Waals surface area contributed by atoms with Crippen LogP contribution in [0.3, 0.4) is 0 Å². The van der Waals surface area contributed by atoms with E-state index in [2.05, 4.69) is 15.5 Å². The highest BCUT2D eigenvalue weighted by atomic mass is 19.1. The Hall–Kier alpha value is -4.40.